The normalized spacial score (nSPS) is 18.7. The van der Waals surface area contributed by atoms with Gasteiger partial charge in [-0.3, -0.25) is 9.88 Å². The Kier molecular flexibility index (Phi) is 6.68. The summed E-state index contributed by atoms with van der Waals surface area (Å²) in [6, 6.07) is 19.2. The number of pyridine rings is 1. The Balaban J connectivity index is 1.64. The number of aromatic nitrogens is 1. The van der Waals surface area contributed by atoms with E-state index in [1.807, 2.05) is 55.5 Å². The van der Waals surface area contributed by atoms with Crippen LogP contribution < -0.4 is 4.90 Å². The van der Waals surface area contributed by atoms with Crippen molar-refractivity contribution in [1.82, 2.24) is 9.88 Å². The van der Waals surface area contributed by atoms with Crippen LogP contribution in [0.2, 0.25) is 10.0 Å². The number of nitrogens with zero attached hydrogens (tertiary/aromatic N) is 4. The summed E-state index contributed by atoms with van der Waals surface area (Å²) in [6.07, 6.45) is 3.41. The topological polar surface area (TPSA) is 63.4 Å². The first-order valence-corrected chi connectivity index (χ1v) is 11.2. The van der Waals surface area contributed by atoms with Crippen LogP contribution in [0.3, 0.4) is 0 Å². The Morgan fingerprint density at radius 2 is 1.88 bits per heavy atom. The molecule has 3 aromatic rings. The van der Waals surface area contributed by atoms with Gasteiger partial charge >= 0.3 is 0 Å². The third-order valence-corrected chi connectivity index (χ3v) is 6.41. The van der Waals surface area contributed by atoms with Gasteiger partial charge in [0.2, 0.25) is 0 Å². The Morgan fingerprint density at radius 3 is 2.56 bits per heavy atom. The molecule has 32 heavy (non-hydrogen) atoms. The highest BCUT2D eigenvalue weighted by Gasteiger charge is 2.34. The molecule has 164 valence electrons. The number of β-amino-alcohol motifs (C(OH)–C–C–N with tert-alkyl or cyclic N) is 1. The maximum absolute atomic E-state index is 11.2. The maximum atomic E-state index is 11.2. The quantitative estimate of drug-likeness (QED) is 0.570. The van der Waals surface area contributed by atoms with Gasteiger partial charge in [0, 0.05) is 54.2 Å². The van der Waals surface area contributed by atoms with Crippen molar-refractivity contribution in [3.63, 3.8) is 0 Å². The molecule has 1 fully saturated rings. The van der Waals surface area contributed by atoms with Gasteiger partial charge in [0.05, 0.1) is 17.3 Å². The van der Waals surface area contributed by atoms with Gasteiger partial charge in [0.1, 0.15) is 11.7 Å². The average molecular weight is 467 g/mol. The molecule has 0 amide bonds. The molecule has 0 bridgehead atoms. The van der Waals surface area contributed by atoms with Crippen molar-refractivity contribution in [3.05, 3.63) is 93.7 Å². The van der Waals surface area contributed by atoms with Gasteiger partial charge in [0.15, 0.2) is 0 Å². The SMILES string of the molecule is C[C@](O)(CN1CCN(c2ccc(Cl)cc2C#N)[C@H](c2ccc(Cl)cc2)C1)c1cccnc1. The zero-order valence-corrected chi connectivity index (χ0v) is 19.3. The van der Waals surface area contributed by atoms with Gasteiger partial charge in [0.25, 0.3) is 0 Å². The van der Waals surface area contributed by atoms with Crippen LogP contribution in [0.1, 0.15) is 29.7 Å². The number of aliphatic hydroxyl groups is 1. The number of rotatable bonds is 5. The summed E-state index contributed by atoms with van der Waals surface area (Å²) in [7, 11) is 0. The van der Waals surface area contributed by atoms with E-state index in [1.165, 1.54) is 0 Å². The highest BCUT2D eigenvalue weighted by molar-refractivity contribution is 6.31. The van der Waals surface area contributed by atoms with Crippen LogP contribution in [-0.2, 0) is 5.60 Å². The predicted octanol–water partition coefficient (Wildman–Crippen LogP) is 5.03. The average Bonchev–Trinajstić information content (AvgIpc) is 2.80. The summed E-state index contributed by atoms with van der Waals surface area (Å²) in [6.45, 7) is 4.43. The van der Waals surface area contributed by atoms with Gasteiger partial charge < -0.3 is 10.0 Å². The molecular weight excluding hydrogens is 443 g/mol. The maximum Gasteiger partial charge on any atom is 0.101 e. The Hall–Kier alpha value is -2.62. The van der Waals surface area contributed by atoms with E-state index in [9.17, 15) is 10.4 Å². The van der Waals surface area contributed by atoms with Crippen LogP contribution in [0.5, 0.6) is 0 Å². The van der Waals surface area contributed by atoms with Gasteiger partial charge in [-0.1, -0.05) is 41.4 Å². The molecule has 4 rings (SSSR count). The number of anilines is 1. The minimum Gasteiger partial charge on any atom is -0.384 e. The fraction of sp³-hybridized carbons (Fsp3) is 0.280. The Bertz CT molecular complexity index is 1110. The third kappa shape index (κ3) is 4.90. The number of benzene rings is 2. The van der Waals surface area contributed by atoms with Crippen molar-refractivity contribution in [1.29, 1.82) is 5.26 Å². The van der Waals surface area contributed by atoms with E-state index in [1.54, 1.807) is 18.5 Å². The smallest absolute Gasteiger partial charge is 0.101 e. The number of halogens is 2. The lowest BCUT2D eigenvalue weighted by Crippen LogP contribution is -2.52. The molecule has 2 atom stereocenters. The molecule has 1 N–H and O–H groups in total. The monoisotopic (exact) mass is 466 g/mol. The number of hydrogen-bond acceptors (Lipinski definition) is 5. The molecule has 0 unspecified atom stereocenters. The van der Waals surface area contributed by atoms with Crippen molar-refractivity contribution >= 4 is 28.9 Å². The minimum absolute atomic E-state index is 0.0148. The van der Waals surface area contributed by atoms with E-state index < -0.39 is 5.60 Å². The third-order valence-electron chi connectivity index (χ3n) is 5.92. The Morgan fingerprint density at radius 1 is 1.12 bits per heavy atom. The zero-order valence-electron chi connectivity index (χ0n) is 17.7. The van der Waals surface area contributed by atoms with E-state index in [-0.39, 0.29) is 6.04 Å². The molecule has 1 aliphatic rings. The molecule has 5 nitrogen and oxygen atoms in total. The summed E-state index contributed by atoms with van der Waals surface area (Å²) in [5.74, 6) is 0. The highest BCUT2D eigenvalue weighted by atomic mass is 35.5. The first kappa shape index (κ1) is 22.6. The van der Waals surface area contributed by atoms with Crippen LogP contribution in [0, 0.1) is 11.3 Å². The summed E-state index contributed by atoms with van der Waals surface area (Å²) >= 11 is 12.3. The predicted molar refractivity (Wildman–Crippen MR) is 128 cm³/mol. The largest absolute Gasteiger partial charge is 0.384 e. The summed E-state index contributed by atoms with van der Waals surface area (Å²) < 4.78 is 0. The van der Waals surface area contributed by atoms with Crippen molar-refractivity contribution in [3.8, 4) is 6.07 Å². The molecule has 0 spiro atoms. The fourth-order valence-electron chi connectivity index (χ4n) is 4.30. The van der Waals surface area contributed by atoms with Gasteiger partial charge in [-0.2, -0.15) is 5.26 Å². The summed E-state index contributed by atoms with van der Waals surface area (Å²) in [4.78, 5) is 8.65. The second kappa shape index (κ2) is 9.48. The van der Waals surface area contributed by atoms with Crippen molar-refractivity contribution in [2.45, 2.75) is 18.6 Å². The van der Waals surface area contributed by atoms with Crippen molar-refractivity contribution < 1.29 is 5.11 Å². The van der Waals surface area contributed by atoms with Gasteiger partial charge in [-0.25, -0.2) is 0 Å². The number of hydrogen-bond donors (Lipinski definition) is 1. The second-order valence-electron chi connectivity index (χ2n) is 8.28. The molecule has 7 heteroatoms. The molecule has 0 saturated carbocycles. The van der Waals surface area contributed by atoms with Crippen LogP contribution in [0.15, 0.2) is 67.0 Å². The van der Waals surface area contributed by atoms with E-state index in [0.29, 0.717) is 35.2 Å². The molecule has 0 radical (unpaired) electrons. The fourth-order valence-corrected chi connectivity index (χ4v) is 4.60. The Labute approximate surface area is 198 Å². The molecule has 1 aromatic heterocycles. The van der Waals surface area contributed by atoms with E-state index >= 15 is 0 Å². The minimum atomic E-state index is -1.03. The summed E-state index contributed by atoms with van der Waals surface area (Å²) in [5.41, 5.74) is 2.26. The van der Waals surface area contributed by atoms with Crippen LogP contribution in [-0.4, -0.2) is 41.2 Å². The number of piperazine rings is 1. The lowest BCUT2D eigenvalue weighted by Gasteiger charge is -2.45. The first-order chi connectivity index (χ1) is 15.4. The van der Waals surface area contributed by atoms with E-state index in [4.69, 9.17) is 23.2 Å². The van der Waals surface area contributed by atoms with Crippen LogP contribution in [0.25, 0.3) is 0 Å². The zero-order chi connectivity index (χ0) is 22.7. The molecular formula is C25H24Cl2N4O. The van der Waals surface area contributed by atoms with Crippen molar-refractivity contribution in [2.24, 2.45) is 0 Å². The molecule has 2 aromatic carbocycles. The van der Waals surface area contributed by atoms with Gasteiger partial charge in [-0.05, 0) is 48.9 Å². The van der Waals surface area contributed by atoms with E-state index in [0.717, 1.165) is 23.4 Å². The molecule has 2 heterocycles. The van der Waals surface area contributed by atoms with Crippen molar-refractivity contribution in [2.75, 3.05) is 31.1 Å². The molecule has 1 aliphatic heterocycles. The number of nitriles is 1. The standard InChI is InChI=1S/C25H24Cl2N4O/c1-25(32,20-3-2-10-29-15-20)17-30-11-12-31(23-9-8-22(27)13-19(23)14-28)24(16-30)18-4-6-21(26)7-5-18/h2-10,13,15,24,32H,11-12,16-17H2,1H3/t24-,25-/m0/s1. The molecule has 1 saturated heterocycles. The summed E-state index contributed by atoms with van der Waals surface area (Å²) in [5, 5.41) is 22.1. The molecule has 0 aliphatic carbocycles. The van der Waals surface area contributed by atoms with E-state index in [2.05, 4.69) is 20.9 Å². The lowest BCUT2D eigenvalue weighted by atomic mass is 9.95. The van der Waals surface area contributed by atoms with Gasteiger partial charge in [-0.15, -0.1) is 0 Å². The second-order valence-corrected chi connectivity index (χ2v) is 9.16. The van der Waals surface area contributed by atoms with Crippen LogP contribution in [0.4, 0.5) is 5.69 Å². The van der Waals surface area contributed by atoms with Crippen LogP contribution >= 0.6 is 23.2 Å². The lowest BCUT2D eigenvalue weighted by molar-refractivity contribution is 0.0100. The highest BCUT2D eigenvalue weighted by Crippen LogP contribution is 2.35. The first-order valence-electron chi connectivity index (χ1n) is 10.4.